The molecule has 0 aliphatic carbocycles. The van der Waals surface area contributed by atoms with Crippen LogP contribution in [0, 0.1) is 6.92 Å². The normalized spacial score (nSPS) is 11.8. The minimum atomic E-state index is -0.655. The van der Waals surface area contributed by atoms with E-state index in [0.717, 1.165) is 11.1 Å². The van der Waals surface area contributed by atoms with Crippen molar-refractivity contribution < 1.29 is 14.6 Å². The van der Waals surface area contributed by atoms with Crippen LogP contribution >= 0.6 is 11.6 Å². The molecule has 0 bridgehead atoms. The number of ether oxygens (including phenoxy) is 1. The molecule has 1 atom stereocenters. The minimum absolute atomic E-state index is 0.0697. The van der Waals surface area contributed by atoms with E-state index in [4.69, 9.17) is 21.4 Å². The molecule has 5 heteroatoms. The van der Waals surface area contributed by atoms with Gasteiger partial charge in [-0.1, -0.05) is 23.7 Å². The van der Waals surface area contributed by atoms with Crippen molar-refractivity contribution in [3.63, 3.8) is 0 Å². The fraction of sp³-hybridized carbons (Fsp3) is 0.235. The lowest BCUT2D eigenvalue weighted by Crippen LogP contribution is -2.30. The summed E-state index contributed by atoms with van der Waals surface area (Å²) >= 11 is 5.90. The molecule has 1 amide bonds. The summed E-state index contributed by atoms with van der Waals surface area (Å²) in [6.07, 6.45) is -0.655. The molecule has 2 rings (SSSR count). The standard InChI is InChI=1S/C17H18ClNO3/c1-11-8-14(18)6-7-16(11)22-12(2)17(21)19-15-5-3-4-13(9-15)10-20/h3-9,12,20H,10H2,1-2H3,(H,19,21). The zero-order valence-corrected chi connectivity index (χ0v) is 13.2. The molecule has 0 spiro atoms. The van der Waals surface area contributed by atoms with Gasteiger partial charge in [-0.2, -0.15) is 0 Å². The summed E-state index contributed by atoms with van der Waals surface area (Å²) in [6, 6.07) is 12.3. The first kappa shape index (κ1) is 16.3. The molecule has 0 radical (unpaired) electrons. The number of rotatable bonds is 5. The van der Waals surface area contributed by atoms with Crippen molar-refractivity contribution in [1.29, 1.82) is 0 Å². The van der Waals surface area contributed by atoms with Gasteiger partial charge in [0.2, 0.25) is 0 Å². The maximum absolute atomic E-state index is 12.2. The monoisotopic (exact) mass is 319 g/mol. The Balaban J connectivity index is 2.02. The molecule has 0 aromatic heterocycles. The van der Waals surface area contributed by atoms with Crippen LogP contribution in [-0.2, 0) is 11.4 Å². The zero-order chi connectivity index (χ0) is 16.1. The Kier molecular flexibility index (Phi) is 5.41. The van der Waals surface area contributed by atoms with Crippen LogP contribution < -0.4 is 10.1 Å². The van der Waals surface area contributed by atoms with Gasteiger partial charge in [0.15, 0.2) is 6.10 Å². The van der Waals surface area contributed by atoms with Crippen molar-refractivity contribution in [2.45, 2.75) is 26.6 Å². The third kappa shape index (κ3) is 4.23. The number of nitrogens with one attached hydrogen (secondary N) is 1. The lowest BCUT2D eigenvalue weighted by Gasteiger charge is -2.16. The number of halogens is 1. The molecule has 2 aromatic rings. The van der Waals surface area contributed by atoms with Crippen molar-refractivity contribution in [1.82, 2.24) is 0 Å². The third-order valence-corrected chi connectivity index (χ3v) is 3.42. The molecule has 2 N–H and O–H groups in total. The van der Waals surface area contributed by atoms with E-state index in [1.807, 2.05) is 6.92 Å². The average molecular weight is 320 g/mol. The van der Waals surface area contributed by atoms with Gasteiger partial charge in [-0.05, 0) is 55.3 Å². The summed E-state index contributed by atoms with van der Waals surface area (Å²) in [5.74, 6) is 0.362. The summed E-state index contributed by atoms with van der Waals surface area (Å²) in [4.78, 5) is 12.2. The third-order valence-electron chi connectivity index (χ3n) is 3.19. The molecule has 0 saturated heterocycles. The van der Waals surface area contributed by atoms with Crippen LogP contribution in [0.25, 0.3) is 0 Å². The molecule has 1 unspecified atom stereocenters. The highest BCUT2D eigenvalue weighted by atomic mass is 35.5. The average Bonchev–Trinajstić information content (AvgIpc) is 2.50. The van der Waals surface area contributed by atoms with Crippen molar-refractivity contribution in [3.8, 4) is 5.75 Å². The van der Waals surface area contributed by atoms with Crippen molar-refractivity contribution >= 4 is 23.2 Å². The van der Waals surface area contributed by atoms with Gasteiger partial charge in [-0.25, -0.2) is 0 Å². The molecular formula is C17H18ClNO3. The van der Waals surface area contributed by atoms with Gasteiger partial charge in [0.25, 0.3) is 5.91 Å². The topological polar surface area (TPSA) is 58.6 Å². The number of amides is 1. The summed E-state index contributed by atoms with van der Waals surface area (Å²) in [7, 11) is 0. The first-order valence-corrected chi connectivity index (χ1v) is 7.31. The molecule has 0 heterocycles. The predicted molar refractivity (Wildman–Crippen MR) is 87.3 cm³/mol. The lowest BCUT2D eigenvalue weighted by atomic mass is 10.2. The molecule has 116 valence electrons. The number of carbonyl (C=O) groups excluding carboxylic acids is 1. The Morgan fingerprint density at radius 2 is 2.09 bits per heavy atom. The SMILES string of the molecule is Cc1cc(Cl)ccc1OC(C)C(=O)Nc1cccc(CO)c1. The quantitative estimate of drug-likeness (QED) is 0.886. The molecule has 4 nitrogen and oxygen atoms in total. The number of hydrogen-bond donors (Lipinski definition) is 2. The Hall–Kier alpha value is -2.04. The molecule has 2 aromatic carbocycles. The second kappa shape index (κ2) is 7.29. The van der Waals surface area contributed by atoms with Crippen molar-refractivity contribution in [2.24, 2.45) is 0 Å². The summed E-state index contributed by atoms with van der Waals surface area (Å²) in [6.45, 7) is 3.48. The van der Waals surface area contributed by atoms with Crippen molar-refractivity contribution in [3.05, 3.63) is 58.6 Å². The van der Waals surface area contributed by atoms with Gasteiger partial charge in [0, 0.05) is 10.7 Å². The van der Waals surface area contributed by atoms with Crippen LogP contribution in [-0.4, -0.2) is 17.1 Å². The second-order valence-electron chi connectivity index (χ2n) is 5.02. The zero-order valence-electron chi connectivity index (χ0n) is 12.5. The molecule has 0 saturated carbocycles. The highest BCUT2D eigenvalue weighted by Gasteiger charge is 2.16. The molecule has 22 heavy (non-hydrogen) atoms. The maximum atomic E-state index is 12.2. The van der Waals surface area contributed by atoms with Crippen LogP contribution in [0.5, 0.6) is 5.75 Å². The highest BCUT2D eigenvalue weighted by molar-refractivity contribution is 6.30. The number of anilines is 1. The van der Waals surface area contributed by atoms with E-state index in [0.29, 0.717) is 16.5 Å². The molecule has 0 aliphatic heterocycles. The molecular weight excluding hydrogens is 302 g/mol. The van der Waals surface area contributed by atoms with E-state index < -0.39 is 6.10 Å². The highest BCUT2D eigenvalue weighted by Crippen LogP contribution is 2.23. The van der Waals surface area contributed by atoms with Gasteiger partial charge in [0.1, 0.15) is 5.75 Å². The van der Waals surface area contributed by atoms with Crippen LogP contribution in [0.15, 0.2) is 42.5 Å². The van der Waals surface area contributed by atoms with E-state index in [1.54, 1.807) is 49.4 Å². The fourth-order valence-corrected chi connectivity index (χ4v) is 2.21. The van der Waals surface area contributed by atoms with Gasteiger partial charge >= 0.3 is 0 Å². The summed E-state index contributed by atoms with van der Waals surface area (Å²) in [5, 5.41) is 12.5. The fourth-order valence-electron chi connectivity index (χ4n) is 1.98. The Morgan fingerprint density at radius 3 is 2.77 bits per heavy atom. The van der Waals surface area contributed by atoms with Crippen molar-refractivity contribution in [2.75, 3.05) is 5.32 Å². The molecule has 0 aliphatic rings. The van der Waals surface area contributed by atoms with Gasteiger partial charge in [-0.15, -0.1) is 0 Å². The lowest BCUT2D eigenvalue weighted by molar-refractivity contribution is -0.122. The summed E-state index contributed by atoms with van der Waals surface area (Å²) < 4.78 is 5.67. The Bertz CT molecular complexity index is 673. The number of benzene rings is 2. The predicted octanol–water partition coefficient (Wildman–Crippen LogP) is 3.55. The Morgan fingerprint density at radius 1 is 1.32 bits per heavy atom. The number of aryl methyl sites for hydroxylation is 1. The van der Waals surface area contributed by atoms with Crippen LogP contribution in [0.4, 0.5) is 5.69 Å². The molecule has 0 fully saturated rings. The van der Waals surface area contributed by atoms with Crippen LogP contribution in [0.2, 0.25) is 5.02 Å². The van der Waals surface area contributed by atoms with E-state index in [-0.39, 0.29) is 12.5 Å². The first-order valence-electron chi connectivity index (χ1n) is 6.93. The summed E-state index contributed by atoms with van der Waals surface area (Å²) in [5.41, 5.74) is 2.23. The van der Waals surface area contributed by atoms with Gasteiger partial charge in [0.05, 0.1) is 6.61 Å². The van der Waals surface area contributed by atoms with Crippen LogP contribution in [0.1, 0.15) is 18.1 Å². The van der Waals surface area contributed by atoms with Gasteiger partial charge in [-0.3, -0.25) is 4.79 Å². The van der Waals surface area contributed by atoms with E-state index in [2.05, 4.69) is 5.32 Å². The van der Waals surface area contributed by atoms with E-state index >= 15 is 0 Å². The number of carbonyl (C=O) groups is 1. The Labute approximate surface area is 134 Å². The van der Waals surface area contributed by atoms with E-state index in [9.17, 15) is 4.79 Å². The number of aliphatic hydroxyl groups is 1. The first-order chi connectivity index (χ1) is 10.5. The maximum Gasteiger partial charge on any atom is 0.265 e. The number of hydrogen-bond acceptors (Lipinski definition) is 3. The van der Waals surface area contributed by atoms with Crippen LogP contribution in [0.3, 0.4) is 0 Å². The minimum Gasteiger partial charge on any atom is -0.481 e. The largest absolute Gasteiger partial charge is 0.481 e. The van der Waals surface area contributed by atoms with E-state index in [1.165, 1.54) is 0 Å². The van der Waals surface area contributed by atoms with Gasteiger partial charge < -0.3 is 15.2 Å². The second-order valence-corrected chi connectivity index (χ2v) is 5.45. The number of aliphatic hydroxyl groups excluding tert-OH is 1. The smallest absolute Gasteiger partial charge is 0.265 e.